The lowest BCUT2D eigenvalue weighted by atomic mass is 10.3. The molecule has 0 bridgehead atoms. The van der Waals surface area contributed by atoms with E-state index in [1.54, 1.807) is 0 Å². The molecule has 0 rings (SSSR count). The lowest BCUT2D eigenvalue weighted by molar-refractivity contribution is -0.138. The Bertz CT molecular complexity index is 150. The highest BCUT2D eigenvalue weighted by Gasteiger charge is 2.28. The van der Waals surface area contributed by atoms with Crippen LogP contribution >= 0.6 is 15.9 Å². The van der Waals surface area contributed by atoms with Crippen molar-refractivity contribution < 1.29 is 22.0 Å². The predicted molar refractivity (Wildman–Crippen MR) is 46.9 cm³/mol. The molecule has 0 aromatic heterocycles. The zero-order valence-corrected chi connectivity index (χ0v) is 8.91. The smallest absolute Gasteiger partial charge is 0.297 e. The number of hydrogen-bond donors (Lipinski definition) is 0. The second kappa shape index (κ2) is 6.55. The molecule has 0 radical (unpaired) electrons. The maximum Gasteiger partial charge on any atom is 0.390 e. The van der Waals surface area contributed by atoms with Gasteiger partial charge in [-0.2, -0.15) is 13.2 Å². The van der Waals surface area contributed by atoms with Crippen LogP contribution in [0.2, 0.25) is 0 Å². The highest BCUT2D eigenvalue weighted by molar-refractivity contribution is 9.09. The number of rotatable bonds is 6. The van der Waals surface area contributed by atoms with E-state index in [0.29, 0.717) is 5.33 Å². The normalized spacial score (nSPS) is 12.9. The van der Waals surface area contributed by atoms with E-state index in [4.69, 9.17) is 0 Å². The zero-order valence-electron chi connectivity index (χ0n) is 7.33. The standard InChI is InChI=1S/C7H11BrF5N/c8-2-4-14(5-6(9)10)3-1-7(11,12)13/h6H,1-5H2. The summed E-state index contributed by atoms with van der Waals surface area (Å²) in [4.78, 5) is 1.09. The second-order valence-electron chi connectivity index (χ2n) is 2.75. The Hall–Kier alpha value is 0.0900. The average Bonchev–Trinajstić information content (AvgIpc) is 1.98. The molecule has 0 heterocycles. The fourth-order valence-electron chi connectivity index (χ4n) is 0.894. The van der Waals surface area contributed by atoms with Crippen LogP contribution in [-0.2, 0) is 0 Å². The van der Waals surface area contributed by atoms with E-state index in [1.165, 1.54) is 0 Å². The number of halogens is 6. The van der Waals surface area contributed by atoms with Crippen LogP contribution < -0.4 is 0 Å². The van der Waals surface area contributed by atoms with Crippen LogP contribution in [-0.4, -0.2) is 42.5 Å². The summed E-state index contributed by atoms with van der Waals surface area (Å²) in [5.74, 6) is 0. The van der Waals surface area contributed by atoms with E-state index in [9.17, 15) is 22.0 Å². The molecule has 0 fully saturated rings. The molecule has 0 aliphatic heterocycles. The van der Waals surface area contributed by atoms with E-state index in [0.717, 1.165) is 4.90 Å². The van der Waals surface area contributed by atoms with Gasteiger partial charge in [-0.05, 0) is 0 Å². The summed E-state index contributed by atoms with van der Waals surface area (Å²) in [6.07, 6.45) is -7.93. The molecule has 1 nitrogen and oxygen atoms in total. The molecule has 0 spiro atoms. The third-order valence-electron chi connectivity index (χ3n) is 1.51. The van der Waals surface area contributed by atoms with Crippen molar-refractivity contribution in [2.75, 3.05) is 25.0 Å². The molecule has 0 aliphatic carbocycles. The molecule has 14 heavy (non-hydrogen) atoms. The van der Waals surface area contributed by atoms with Gasteiger partial charge in [0.25, 0.3) is 6.43 Å². The highest BCUT2D eigenvalue weighted by Crippen LogP contribution is 2.19. The molecule has 0 amide bonds. The van der Waals surface area contributed by atoms with E-state index in [1.807, 2.05) is 0 Å². The number of alkyl halides is 6. The molecule has 0 N–H and O–H groups in total. The highest BCUT2D eigenvalue weighted by atomic mass is 79.9. The SMILES string of the molecule is FC(F)CN(CCBr)CCC(F)(F)F. The zero-order chi connectivity index (χ0) is 11.2. The molecular formula is C7H11BrF5N. The van der Waals surface area contributed by atoms with Gasteiger partial charge in [-0.1, -0.05) is 15.9 Å². The van der Waals surface area contributed by atoms with E-state index < -0.39 is 25.6 Å². The minimum absolute atomic E-state index is 0.195. The first-order valence-electron chi connectivity index (χ1n) is 3.98. The van der Waals surface area contributed by atoms with Gasteiger partial charge in [-0.25, -0.2) is 8.78 Å². The Kier molecular flexibility index (Phi) is 6.59. The molecule has 0 saturated heterocycles. The number of hydrogen-bond acceptors (Lipinski definition) is 1. The van der Waals surface area contributed by atoms with Gasteiger partial charge in [-0.3, -0.25) is 4.90 Å². The van der Waals surface area contributed by atoms with Crippen LogP contribution in [0.1, 0.15) is 6.42 Å². The summed E-state index contributed by atoms with van der Waals surface area (Å²) < 4.78 is 59.1. The Morgan fingerprint density at radius 1 is 1.14 bits per heavy atom. The first-order chi connectivity index (χ1) is 6.35. The topological polar surface area (TPSA) is 3.24 Å². The van der Waals surface area contributed by atoms with Gasteiger partial charge in [0.2, 0.25) is 0 Å². The van der Waals surface area contributed by atoms with Gasteiger partial charge in [0.15, 0.2) is 0 Å². The van der Waals surface area contributed by atoms with Crippen molar-refractivity contribution in [2.24, 2.45) is 0 Å². The monoisotopic (exact) mass is 283 g/mol. The Morgan fingerprint density at radius 2 is 1.71 bits per heavy atom. The van der Waals surface area contributed by atoms with Gasteiger partial charge >= 0.3 is 6.18 Å². The Balaban J connectivity index is 3.84. The van der Waals surface area contributed by atoms with Crippen LogP contribution in [0.25, 0.3) is 0 Å². The van der Waals surface area contributed by atoms with Crippen LogP contribution in [0.15, 0.2) is 0 Å². The van der Waals surface area contributed by atoms with Gasteiger partial charge < -0.3 is 0 Å². The van der Waals surface area contributed by atoms with Crippen LogP contribution in [0.3, 0.4) is 0 Å². The maximum atomic E-state index is 11.9. The van der Waals surface area contributed by atoms with Crippen molar-refractivity contribution in [1.82, 2.24) is 4.90 Å². The van der Waals surface area contributed by atoms with Crippen molar-refractivity contribution in [1.29, 1.82) is 0 Å². The van der Waals surface area contributed by atoms with Gasteiger partial charge in [0.05, 0.1) is 13.0 Å². The lowest BCUT2D eigenvalue weighted by Gasteiger charge is -2.21. The van der Waals surface area contributed by atoms with Crippen molar-refractivity contribution >= 4 is 15.9 Å². The predicted octanol–water partition coefficient (Wildman–Crippen LogP) is 2.90. The summed E-state index contributed by atoms with van der Waals surface area (Å²) in [6.45, 7) is -0.790. The largest absolute Gasteiger partial charge is 0.390 e. The minimum Gasteiger partial charge on any atom is -0.297 e. The molecule has 0 aromatic carbocycles. The lowest BCUT2D eigenvalue weighted by Crippen LogP contribution is -2.33. The van der Waals surface area contributed by atoms with E-state index in [2.05, 4.69) is 15.9 Å². The van der Waals surface area contributed by atoms with Crippen LogP contribution in [0.4, 0.5) is 22.0 Å². The van der Waals surface area contributed by atoms with Crippen LogP contribution in [0, 0.1) is 0 Å². The molecule has 0 aliphatic rings. The van der Waals surface area contributed by atoms with E-state index >= 15 is 0 Å². The summed E-state index contributed by atoms with van der Waals surface area (Å²) in [7, 11) is 0. The fourth-order valence-corrected chi connectivity index (χ4v) is 1.40. The first kappa shape index (κ1) is 14.1. The molecule has 0 unspecified atom stereocenters. The molecule has 7 heteroatoms. The van der Waals surface area contributed by atoms with E-state index in [-0.39, 0.29) is 13.1 Å². The minimum atomic E-state index is -4.29. The second-order valence-corrected chi connectivity index (χ2v) is 3.54. The van der Waals surface area contributed by atoms with Crippen LogP contribution in [0.5, 0.6) is 0 Å². The molecule has 0 saturated carbocycles. The van der Waals surface area contributed by atoms with Crippen molar-refractivity contribution in [3.63, 3.8) is 0 Å². The Morgan fingerprint density at radius 3 is 2.07 bits per heavy atom. The van der Waals surface area contributed by atoms with Gasteiger partial charge in [0, 0.05) is 18.4 Å². The molecule has 0 atom stereocenters. The number of nitrogens with zero attached hydrogens (tertiary/aromatic N) is 1. The summed E-state index contributed by atoms with van der Waals surface area (Å²) in [5.41, 5.74) is 0. The average molecular weight is 284 g/mol. The van der Waals surface area contributed by atoms with Gasteiger partial charge in [0.1, 0.15) is 0 Å². The molecular weight excluding hydrogens is 273 g/mol. The summed E-state index contributed by atoms with van der Waals surface area (Å²) in [6, 6.07) is 0. The Labute approximate surface area is 87.4 Å². The third kappa shape index (κ3) is 8.68. The summed E-state index contributed by atoms with van der Waals surface area (Å²) in [5, 5.41) is 0.386. The fraction of sp³-hybridized carbons (Fsp3) is 1.00. The quantitative estimate of drug-likeness (QED) is 0.535. The third-order valence-corrected chi connectivity index (χ3v) is 1.86. The maximum absolute atomic E-state index is 11.9. The molecule has 86 valence electrons. The first-order valence-corrected chi connectivity index (χ1v) is 5.10. The van der Waals surface area contributed by atoms with Gasteiger partial charge in [-0.15, -0.1) is 0 Å². The molecule has 0 aromatic rings. The van der Waals surface area contributed by atoms with Crippen molar-refractivity contribution in [2.45, 2.75) is 19.0 Å². The van der Waals surface area contributed by atoms with Crippen molar-refractivity contribution in [3.8, 4) is 0 Å². The summed E-state index contributed by atoms with van der Waals surface area (Å²) >= 11 is 2.99. The van der Waals surface area contributed by atoms with Crippen molar-refractivity contribution in [3.05, 3.63) is 0 Å².